The number of hydrogen-bond donors (Lipinski definition) is 1. The average Bonchev–Trinajstić information content (AvgIpc) is 3.13. The summed E-state index contributed by atoms with van der Waals surface area (Å²) >= 11 is 1.62. The molecular formula is C14H16N2S. The van der Waals surface area contributed by atoms with Gasteiger partial charge in [0.25, 0.3) is 0 Å². The number of thiazole rings is 1. The van der Waals surface area contributed by atoms with Crippen molar-refractivity contribution in [1.82, 2.24) is 4.98 Å². The molecule has 1 aliphatic rings. The molecule has 2 nitrogen and oxygen atoms in total. The van der Waals surface area contributed by atoms with Gasteiger partial charge in [0.2, 0.25) is 0 Å². The van der Waals surface area contributed by atoms with Gasteiger partial charge in [0.15, 0.2) is 0 Å². The van der Waals surface area contributed by atoms with Crippen LogP contribution in [-0.4, -0.2) is 4.98 Å². The van der Waals surface area contributed by atoms with Crippen molar-refractivity contribution in [2.75, 3.05) is 5.73 Å². The van der Waals surface area contributed by atoms with Crippen molar-refractivity contribution in [3.8, 4) is 11.3 Å². The van der Waals surface area contributed by atoms with Crippen molar-refractivity contribution in [1.29, 1.82) is 0 Å². The SMILES string of the molecule is CCc1nc(-c2ccccc2C2CC2)c(N)s1. The van der Waals surface area contributed by atoms with E-state index in [1.165, 1.54) is 24.0 Å². The van der Waals surface area contributed by atoms with Gasteiger partial charge in [-0.15, -0.1) is 11.3 Å². The van der Waals surface area contributed by atoms with E-state index in [9.17, 15) is 0 Å². The minimum Gasteiger partial charge on any atom is -0.389 e. The van der Waals surface area contributed by atoms with Crippen molar-refractivity contribution in [3.05, 3.63) is 34.8 Å². The molecule has 3 rings (SSSR count). The zero-order valence-electron chi connectivity index (χ0n) is 9.94. The molecule has 2 N–H and O–H groups in total. The zero-order chi connectivity index (χ0) is 11.8. The summed E-state index contributed by atoms with van der Waals surface area (Å²) in [7, 11) is 0. The molecule has 88 valence electrons. The van der Waals surface area contributed by atoms with Gasteiger partial charge in [0.05, 0.1) is 5.01 Å². The number of anilines is 1. The van der Waals surface area contributed by atoms with Crippen molar-refractivity contribution < 1.29 is 0 Å². The third-order valence-electron chi connectivity index (χ3n) is 3.23. The van der Waals surface area contributed by atoms with Gasteiger partial charge in [-0.2, -0.15) is 0 Å². The Hall–Kier alpha value is -1.35. The molecule has 1 fully saturated rings. The summed E-state index contributed by atoms with van der Waals surface area (Å²) in [5.74, 6) is 0.734. The Bertz CT molecular complexity index is 541. The molecule has 0 bridgehead atoms. The summed E-state index contributed by atoms with van der Waals surface area (Å²) in [6.45, 7) is 2.12. The lowest BCUT2D eigenvalue weighted by molar-refractivity contribution is 1.09. The molecule has 2 aromatic rings. The Morgan fingerprint density at radius 1 is 1.35 bits per heavy atom. The number of rotatable bonds is 3. The number of nitrogens with zero attached hydrogens (tertiary/aromatic N) is 1. The monoisotopic (exact) mass is 244 g/mol. The normalized spacial score (nSPS) is 15.1. The van der Waals surface area contributed by atoms with E-state index < -0.39 is 0 Å². The van der Waals surface area contributed by atoms with Crippen LogP contribution >= 0.6 is 11.3 Å². The summed E-state index contributed by atoms with van der Waals surface area (Å²) in [6, 6.07) is 8.56. The quantitative estimate of drug-likeness (QED) is 0.891. The molecule has 1 aromatic heterocycles. The number of aryl methyl sites for hydroxylation is 1. The lowest BCUT2D eigenvalue weighted by Gasteiger charge is -2.06. The molecule has 0 saturated heterocycles. The molecule has 1 heterocycles. The fourth-order valence-electron chi connectivity index (χ4n) is 2.19. The molecule has 3 heteroatoms. The topological polar surface area (TPSA) is 38.9 Å². The lowest BCUT2D eigenvalue weighted by Crippen LogP contribution is -1.91. The minimum absolute atomic E-state index is 0.734. The molecule has 0 radical (unpaired) electrons. The maximum absolute atomic E-state index is 6.09. The van der Waals surface area contributed by atoms with Gasteiger partial charge in [-0.3, -0.25) is 0 Å². The summed E-state index contributed by atoms with van der Waals surface area (Å²) in [5, 5.41) is 1.98. The van der Waals surface area contributed by atoms with Gasteiger partial charge < -0.3 is 5.73 Å². The molecule has 0 atom stereocenters. The third kappa shape index (κ3) is 1.95. The average molecular weight is 244 g/mol. The highest BCUT2D eigenvalue weighted by atomic mass is 32.1. The van der Waals surface area contributed by atoms with Crippen LogP contribution in [0.2, 0.25) is 0 Å². The first-order valence-electron chi connectivity index (χ1n) is 6.14. The Morgan fingerprint density at radius 2 is 2.12 bits per heavy atom. The van der Waals surface area contributed by atoms with Gasteiger partial charge in [-0.1, -0.05) is 31.2 Å². The van der Waals surface area contributed by atoms with E-state index in [4.69, 9.17) is 5.73 Å². The van der Waals surface area contributed by atoms with Gasteiger partial charge in [-0.05, 0) is 30.7 Å². The van der Waals surface area contributed by atoms with Crippen LogP contribution in [0.25, 0.3) is 11.3 Å². The smallest absolute Gasteiger partial charge is 0.114 e. The van der Waals surface area contributed by atoms with E-state index in [1.54, 1.807) is 11.3 Å². The number of benzene rings is 1. The summed E-state index contributed by atoms with van der Waals surface area (Å²) in [4.78, 5) is 4.66. The second kappa shape index (κ2) is 4.15. The highest BCUT2D eigenvalue weighted by Crippen LogP contribution is 2.45. The molecule has 0 spiro atoms. The fraction of sp³-hybridized carbons (Fsp3) is 0.357. The van der Waals surface area contributed by atoms with E-state index in [0.717, 1.165) is 28.0 Å². The first kappa shape index (κ1) is 10.8. The maximum atomic E-state index is 6.09. The van der Waals surface area contributed by atoms with Crippen molar-refractivity contribution in [2.24, 2.45) is 0 Å². The second-order valence-corrected chi connectivity index (χ2v) is 5.65. The number of hydrogen-bond acceptors (Lipinski definition) is 3. The summed E-state index contributed by atoms with van der Waals surface area (Å²) in [5.41, 5.74) is 9.75. The maximum Gasteiger partial charge on any atom is 0.114 e. The van der Waals surface area contributed by atoms with Crippen molar-refractivity contribution in [3.63, 3.8) is 0 Å². The first-order chi connectivity index (χ1) is 8.29. The van der Waals surface area contributed by atoms with Gasteiger partial charge >= 0.3 is 0 Å². The zero-order valence-corrected chi connectivity index (χ0v) is 10.8. The predicted molar refractivity (Wildman–Crippen MR) is 73.3 cm³/mol. The van der Waals surface area contributed by atoms with Crippen LogP contribution in [0.1, 0.15) is 36.3 Å². The molecule has 1 aliphatic carbocycles. The Labute approximate surface area is 106 Å². The lowest BCUT2D eigenvalue weighted by atomic mass is 10.0. The van der Waals surface area contributed by atoms with E-state index in [0.29, 0.717) is 0 Å². The highest BCUT2D eigenvalue weighted by Gasteiger charge is 2.27. The van der Waals surface area contributed by atoms with Crippen LogP contribution in [0.5, 0.6) is 0 Å². The van der Waals surface area contributed by atoms with Crippen LogP contribution in [0.3, 0.4) is 0 Å². The Balaban J connectivity index is 2.10. The standard InChI is InChI=1S/C14H16N2S/c1-2-12-16-13(14(15)17-12)11-6-4-3-5-10(11)9-7-8-9/h3-6,9H,2,7-8,15H2,1H3. The number of nitrogens with two attached hydrogens (primary N) is 1. The summed E-state index contributed by atoms with van der Waals surface area (Å²) < 4.78 is 0. The van der Waals surface area contributed by atoms with E-state index in [1.807, 2.05) is 0 Å². The second-order valence-electron chi connectivity index (χ2n) is 4.54. The van der Waals surface area contributed by atoms with Crippen LogP contribution in [-0.2, 0) is 6.42 Å². The fourth-order valence-corrected chi connectivity index (χ4v) is 2.97. The van der Waals surface area contributed by atoms with E-state index in [2.05, 4.69) is 36.2 Å². The van der Waals surface area contributed by atoms with Gasteiger partial charge in [0.1, 0.15) is 10.7 Å². The Kier molecular flexibility index (Phi) is 2.63. The van der Waals surface area contributed by atoms with Crippen molar-refractivity contribution >= 4 is 16.3 Å². The van der Waals surface area contributed by atoms with Crippen LogP contribution < -0.4 is 5.73 Å². The largest absolute Gasteiger partial charge is 0.389 e. The Morgan fingerprint density at radius 3 is 2.76 bits per heavy atom. The van der Waals surface area contributed by atoms with Crippen molar-refractivity contribution in [2.45, 2.75) is 32.1 Å². The number of aromatic nitrogens is 1. The van der Waals surface area contributed by atoms with Crippen LogP contribution in [0.4, 0.5) is 5.00 Å². The van der Waals surface area contributed by atoms with Crippen LogP contribution in [0, 0.1) is 0 Å². The molecule has 1 aromatic carbocycles. The molecule has 0 unspecified atom stereocenters. The van der Waals surface area contributed by atoms with E-state index in [-0.39, 0.29) is 0 Å². The highest BCUT2D eigenvalue weighted by molar-refractivity contribution is 7.16. The molecule has 17 heavy (non-hydrogen) atoms. The molecule has 0 aliphatic heterocycles. The first-order valence-corrected chi connectivity index (χ1v) is 6.95. The summed E-state index contributed by atoms with van der Waals surface area (Å²) in [6.07, 6.45) is 3.57. The van der Waals surface area contributed by atoms with Gasteiger partial charge in [0, 0.05) is 5.56 Å². The van der Waals surface area contributed by atoms with E-state index >= 15 is 0 Å². The molecular weight excluding hydrogens is 228 g/mol. The molecule has 0 amide bonds. The number of nitrogen functional groups attached to an aromatic ring is 1. The molecule has 1 saturated carbocycles. The predicted octanol–water partition coefficient (Wildman–Crippen LogP) is 3.83. The minimum atomic E-state index is 0.734. The third-order valence-corrected chi connectivity index (χ3v) is 4.26. The van der Waals surface area contributed by atoms with Gasteiger partial charge in [-0.25, -0.2) is 4.98 Å². The van der Waals surface area contributed by atoms with Crippen LogP contribution in [0.15, 0.2) is 24.3 Å².